The zero-order chi connectivity index (χ0) is 10.8. The van der Waals surface area contributed by atoms with Gasteiger partial charge in [0.05, 0.1) is 7.11 Å². The second-order valence-corrected chi connectivity index (χ2v) is 2.92. The Hall–Kier alpha value is -2.04. The van der Waals surface area contributed by atoms with Crippen LogP contribution in [0.2, 0.25) is 0 Å². The summed E-state index contributed by atoms with van der Waals surface area (Å²) in [4.78, 5) is 13.6. The minimum Gasteiger partial charge on any atom is -0.437 e. The highest BCUT2D eigenvalue weighted by molar-refractivity contribution is 5.82. The van der Waals surface area contributed by atoms with Crippen LogP contribution in [0, 0.1) is 5.82 Å². The molecule has 0 radical (unpaired) electrons. The van der Waals surface area contributed by atoms with Crippen molar-refractivity contribution in [3.63, 3.8) is 0 Å². The number of aromatic amines is 1. The third kappa shape index (κ3) is 1.90. The second kappa shape index (κ2) is 3.61. The number of benzene rings is 1. The highest BCUT2D eigenvalue weighted by Crippen LogP contribution is 2.21. The number of H-pyrrole nitrogens is 1. The molecule has 5 heteroatoms. The second-order valence-electron chi connectivity index (χ2n) is 2.92. The lowest BCUT2D eigenvalue weighted by Gasteiger charge is -1.97. The molecule has 1 aromatic heterocycles. The third-order valence-corrected chi connectivity index (χ3v) is 1.92. The van der Waals surface area contributed by atoms with Crippen LogP contribution in [0.25, 0.3) is 10.9 Å². The molecule has 1 N–H and O–H groups in total. The molecular weight excluding hydrogens is 201 g/mol. The van der Waals surface area contributed by atoms with Crippen molar-refractivity contribution < 1.29 is 18.7 Å². The summed E-state index contributed by atoms with van der Waals surface area (Å²) >= 11 is 0. The number of fused-ring (bicyclic) bond motifs is 1. The van der Waals surface area contributed by atoms with Crippen LogP contribution < -0.4 is 4.74 Å². The van der Waals surface area contributed by atoms with Gasteiger partial charge < -0.3 is 14.5 Å². The average molecular weight is 209 g/mol. The van der Waals surface area contributed by atoms with Crippen molar-refractivity contribution >= 4 is 17.1 Å². The molecule has 1 aromatic carbocycles. The van der Waals surface area contributed by atoms with Crippen molar-refractivity contribution in [2.45, 2.75) is 0 Å². The van der Waals surface area contributed by atoms with Crippen LogP contribution in [-0.2, 0) is 4.74 Å². The van der Waals surface area contributed by atoms with Gasteiger partial charge in [-0.05, 0) is 18.2 Å². The van der Waals surface area contributed by atoms with E-state index in [4.69, 9.17) is 4.74 Å². The molecule has 0 fully saturated rings. The zero-order valence-electron chi connectivity index (χ0n) is 7.91. The highest BCUT2D eigenvalue weighted by Gasteiger charge is 2.07. The molecule has 0 atom stereocenters. The van der Waals surface area contributed by atoms with E-state index in [9.17, 15) is 9.18 Å². The molecule has 78 valence electrons. The van der Waals surface area contributed by atoms with Crippen LogP contribution in [0.1, 0.15) is 0 Å². The highest BCUT2D eigenvalue weighted by atomic mass is 19.1. The fraction of sp³-hybridized carbons (Fsp3) is 0.100. The topological polar surface area (TPSA) is 51.3 Å². The molecule has 1 heterocycles. The number of ether oxygens (including phenoxy) is 2. The van der Waals surface area contributed by atoms with Gasteiger partial charge in [0.2, 0.25) is 5.88 Å². The summed E-state index contributed by atoms with van der Waals surface area (Å²) in [6.45, 7) is 0. The first-order valence-corrected chi connectivity index (χ1v) is 4.23. The Bertz CT molecular complexity index is 506. The number of nitrogens with one attached hydrogen (secondary N) is 1. The number of carbonyl (C=O) groups excluding carboxylic acids is 1. The Kier molecular flexibility index (Phi) is 2.29. The van der Waals surface area contributed by atoms with Crippen LogP contribution in [-0.4, -0.2) is 18.2 Å². The number of hydrogen-bond acceptors (Lipinski definition) is 3. The quantitative estimate of drug-likeness (QED) is 0.734. The van der Waals surface area contributed by atoms with E-state index in [0.29, 0.717) is 10.9 Å². The van der Waals surface area contributed by atoms with Crippen LogP contribution in [0.3, 0.4) is 0 Å². The van der Waals surface area contributed by atoms with Crippen LogP contribution >= 0.6 is 0 Å². The molecule has 2 rings (SSSR count). The molecule has 0 spiro atoms. The van der Waals surface area contributed by atoms with Crippen LogP contribution in [0.5, 0.6) is 5.88 Å². The number of halogens is 1. The molecule has 2 aromatic rings. The van der Waals surface area contributed by atoms with E-state index in [1.165, 1.54) is 25.3 Å². The normalized spacial score (nSPS) is 10.3. The van der Waals surface area contributed by atoms with Gasteiger partial charge in [-0.25, -0.2) is 9.18 Å². The number of carbonyl (C=O) groups is 1. The van der Waals surface area contributed by atoms with E-state index in [2.05, 4.69) is 9.72 Å². The summed E-state index contributed by atoms with van der Waals surface area (Å²) in [5, 5.41) is 0.633. The maximum absolute atomic E-state index is 12.8. The van der Waals surface area contributed by atoms with Crippen LogP contribution in [0.15, 0.2) is 24.3 Å². The Morgan fingerprint density at radius 2 is 2.20 bits per heavy atom. The van der Waals surface area contributed by atoms with Gasteiger partial charge in [0.15, 0.2) is 0 Å². The Labute approximate surface area is 84.6 Å². The summed E-state index contributed by atoms with van der Waals surface area (Å²) in [6.07, 6.45) is -0.818. The lowest BCUT2D eigenvalue weighted by molar-refractivity contribution is 0.120. The van der Waals surface area contributed by atoms with Crippen molar-refractivity contribution in [3.8, 4) is 5.88 Å². The summed E-state index contributed by atoms with van der Waals surface area (Å²) in [5.41, 5.74) is 0.690. The number of aromatic nitrogens is 1. The van der Waals surface area contributed by atoms with Crippen molar-refractivity contribution in [1.82, 2.24) is 4.98 Å². The monoisotopic (exact) mass is 209 g/mol. The van der Waals surface area contributed by atoms with Gasteiger partial charge in [-0.2, -0.15) is 0 Å². The maximum atomic E-state index is 12.8. The van der Waals surface area contributed by atoms with Crippen molar-refractivity contribution in [2.75, 3.05) is 7.11 Å². The average Bonchev–Trinajstić information content (AvgIpc) is 2.59. The SMILES string of the molecule is COC(=O)Oc1cc2cc(F)ccc2[nH]1. The fourth-order valence-electron chi connectivity index (χ4n) is 1.26. The number of hydrogen-bond donors (Lipinski definition) is 1. The summed E-state index contributed by atoms with van der Waals surface area (Å²) in [5.74, 6) is -0.117. The van der Waals surface area contributed by atoms with E-state index in [0.717, 1.165) is 0 Å². The number of rotatable bonds is 1. The summed E-state index contributed by atoms with van der Waals surface area (Å²) in [6, 6.07) is 5.75. The summed E-state index contributed by atoms with van der Waals surface area (Å²) < 4.78 is 21.9. The molecule has 0 aliphatic rings. The minimum atomic E-state index is -0.818. The molecule has 0 bridgehead atoms. The molecule has 0 saturated heterocycles. The Balaban J connectivity index is 2.34. The van der Waals surface area contributed by atoms with E-state index in [1.54, 1.807) is 6.07 Å². The van der Waals surface area contributed by atoms with Crippen LogP contribution in [0.4, 0.5) is 9.18 Å². The lowest BCUT2D eigenvalue weighted by atomic mass is 10.2. The predicted octanol–water partition coefficient (Wildman–Crippen LogP) is 2.45. The van der Waals surface area contributed by atoms with E-state index in [1.807, 2.05) is 0 Å². The molecule has 0 aliphatic heterocycles. The molecule has 4 nitrogen and oxygen atoms in total. The van der Waals surface area contributed by atoms with E-state index in [-0.39, 0.29) is 11.7 Å². The standard InChI is InChI=1S/C10H8FNO3/c1-14-10(13)15-9-5-6-4-7(11)2-3-8(6)12-9/h2-5,12H,1H3. The van der Waals surface area contributed by atoms with E-state index < -0.39 is 6.16 Å². The first-order valence-electron chi connectivity index (χ1n) is 4.23. The fourth-order valence-corrected chi connectivity index (χ4v) is 1.26. The zero-order valence-corrected chi connectivity index (χ0v) is 7.91. The first kappa shape index (κ1) is 9.51. The molecule has 15 heavy (non-hydrogen) atoms. The van der Waals surface area contributed by atoms with Gasteiger partial charge in [0.1, 0.15) is 5.82 Å². The molecule has 0 aliphatic carbocycles. The minimum absolute atomic E-state index is 0.224. The third-order valence-electron chi connectivity index (χ3n) is 1.92. The van der Waals surface area contributed by atoms with Gasteiger partial charge in [-0.3, -0.25) is 0 Å². The van der Waals surface area contributed by atoms with Crippen molar-refractivity contribution in [1.29, 1.82) is 0 Å². The lowest BCUT2D eigenvalue weighted by Crippen LogP contribution is -2.07. The largest absolute Gasteiger partial charge is 0.514 e. The first-order chi connectivity index (χ1) is 7.19. The van der Waals surface area contributed by atoms with Crippen molar-refractivity contribution in [3.05, 3.63) is 30.1 Å². The number of methoxy groups -OCH3 is 1. The summed E-state index contributed by atoms with van der Waals surface area (Å²) in [7, 11) is 1.21. The van der Waals surface area contributed by atoms with Gasteiger partial charge in [-0.1, -0.05) is 0 Å². The smallest absolute Gasteiger partial charge is 0.437 e. The van der Waals surface area contributed by atoms with Gasteiger partial charge in [0, 0.05) is 17.0 Å². The molecule has 0 saturated carbocycles. The molecular formula is C10H8FNO3. The predicted molar refractivity (Wildman–Crippen MR) is 51.3 cm³/mol. The van der Waals surface area contributed by atoms with E-state index >= 15 is 0 Å². The molecule has 0 amide bonds. The maximum Gasteiger partial charge on any atom is 0.514 e. The Morgan fingerprint density at radius 1 is 1.40 bits per heavy atom. The molecule has 0 unspecified atom stereocenters. The Morgan fingerprint density at radius 3 is 2.93 bits per heavy atom. The van der Waals surface area contributed by atoms with Gasteiger partial charge in [0.25, 0.3) is 0 Å². The van der Waals surface area contributed by atoms with Crippen molar-refractivity contribution in [2.24, 2.45) is 0 Å². The van der Waals surface area contributed by atoms with Gasteiger partial charge >= 0.3 is 6.16 Å². The van der Waals surface area contributed by atoms with Gasteiger partial charge in [-0.15, -0.1) is 0 Å².